The molecule has 0 N–H and O–H groups in total. The first-order valence-corrected chi connectivity index (χ1v) is 9.77. The molecule has 0 bridgehead atoms. The fraction of sp³-hybridized carbons (Fsp3) is 1.00. The fourth-order valence-electron chi connectivity index (χ4n) is 2.01. The van der Waals surface area contributed by atoms with Crippen LogP contribution in [0.5, 0.6) is 0 Å². The summed E-state index contributed by atoms with van der Waals surface area (Å²) in [7, 11) is -0.324. The van der Waals surface area contributed by atoms with Crippen LogP contribution in [-0.4, -0.2) is 59.5 Å². The summed E-state index contributed by atoms with van der Waals surface area (Å²) in [4.78, 5) is 2.30. The first kappa shape index (κ1) is 19.3. The molecule has 0 radical (unpaired) electrons. The van der Waals surface area contributed by atoms with Crippen LogP contribution in [0.3, 0.4) is 0 Å². The van der Waals surface area contributed by atoms with Crippen LogP contribution in [0.15, 0.2) is 0 Å². The van der Waals surface area contributed by atoms with Crippen LogP contribution in [-0.2, 0) is 13.3 Å². The van der Waals surface area contributed by atoms with Crippen molar-refractivity contribution in [3.63, 3.8) is 0 Å². The van der Waals surface area contributed by atoms with Gasteiger partial charge in [0, 0.05) is 31.7 Å². The predicted molar refractivity (Wildman–Crippen MR) is 82.9 cm³/mol. The minimum Gasteiger partial charge on any atom is -0.374 e. The standard InChI is InChI=1S/C13H30ClNO3Si/c1-5-16-19(17-6-2,18-7-3)13-9-12-15(4)11-8-10-14/h5-13H2,1-4H3. The van der Waals surface area contributed by atoms with Gasteiger partial charge in [-0.05, 0) is 53.8 Å². The van der Waals surface area contributed by atoms with E-state index in [2.05, 4.69) is 11.9 Å². The van der Waals surface area contributed by atoms with Crippen LogP contribution in [0.1, 0.15) is 33.6 Å². The van der Waals surface area contributed by atoms with Crippen molar-refractivity contribution in [3.05, 3.63) is 0 Å². The summed E-state index contributed by atoms with van der Waals surface area (Å²) < 4.78 is 17.5. The molecular formula is C13H30ClNO3Si. The third-order valence-electron chi connectivity index (χ3n) is 2.79. The van der Waals surface area contributed by atoms with Gasteiger partial charge in [-0.2, -0.15) is 0 Å². The zero-order chi connectivity index (χ0) is 14.6. The third-order valence-corrected chi connectivity index (χ3v) is 6.21. The highest BCUT2D eigenvalue weighted by molar-refractivity contribution is 6.60. The van der Waals surface area contributed by atoms with E-state index in [0.717, 1.165) is 37.9 Å². The molecule has 19 heavy (non-hydrogen) atoms. The molecule has 0 aliphatic rings. The monoisotopic (exact) mass is 311 g/mol. The summed E-state index contributed by atoms with van der Waals surface area (Å²) >= 11 is 5.70. The average molecular weight is 312 g/mol. The van der Waals surface area contributed by atoms with Crippen LogP contribution in [0, 0.1) is 0 Å². The maximum atomic E-state index is 5.83. The predicted octanol–water partition coefficient (Wildman–Crippen LogP) is 2.99. The van der Waals surface area contributed by atoms with Gasteiger partial charge < -0.3 is 18.2 Å². The molecule has 0 aromatic heterocycles. The van der Waals surface area contributed by atoms with Crippen molar-refractivity contribution in [1.82, 2.24) is 4.90 Å². The van der Waals surface area contributed by atoms with Gasteiger partial charge in [-0.1, -0.05) is 0 Å². The van der Waals surface area contributed by atoms with Gasteiger partial charge in [-0.25, -0.2) is 0 Å². The van der Waals surface area contributed by atoms with E-state index in [0.29, 0.717) is 19.8 Å². The van der Waals surface area contributed by atoms with Crippen molar-refractivity contribution in [2.75, 3.05) is 45.8 Å². The van der Waals surface area contributed by atoms with Gasteiger partial charge in [0.15, 0.2) is 0 Å². The number of alkyl halides is 1. The Kier molecular flexibility index (Phi) is 12.3. The maximum Gasteiger partial charge on any atom is 0.500 e. The van der Waals surface area contributed by atoms with Crippen LogP contribution in [0.2, 0.25) is 6.04 Å². The second-order valence-electron chi connectivity index (χ2n) is 4.43. The van der Waals surface area contributed by atoms with Crippen LogP contribution < -0.4 is 0 Å². The van der Waals surface area contributed by atoms with E-state index in [-0.39, 0.29) is 0 Å². The highest BCUT2D eigenvalue weighted by Crippen LogP contribution is 2.18. The zero-order valence-corrected chi connectivity index (χ0v) is 14.7. The molecule has 0 fully saturated rings. The fourth-order valence-corrected chi connectivity index (χ4v) is 4.72. The Hall–Kier alpha value is 0.347. The van der Waals surface area contributed by atoms with Crippen molar-refractivity contribution in [2.24, 2.45) is 0 Å². The van der Waals surface area contributed by atoms with Gasteiger partial charge in [0.25, 0.3) is 0 Å². The Bertz CT molecular complexity index is 193. The molecule has 6 heteroatoms. The summed E-state index contributed by atoms with van der Waals surface area (Å²) in [5.41, 5.74) is 0. The number of hydrogen-bond acceptors (Lipinski definition) is 4. The summed E-state index contributed by atoms with van der Waals surface area (Å²) in [5.74, 6) is 0.722. The van der Waals surface area contributed by atoms with Crippen LogP contribution >= 0.6 is 11.6 Å². The van der Waals surface area contributed by atoms with Gasteiger partial charge in [-0.15, -0.1) is 11.6 Å². The summed E-state index contributed by atoms with van der Waals surface area (Å²) in [5, 5.41) is 0. The van der Waals surface area contributed by atoms with E-state index in [4.69, 9.17) is 24.9 Å². The molecule has 0 saturated heterocycles. The molecule has 0 atom stereocenters. The molecule has 0 aliphatic heterocycles. The molecule has 4 nitrogen and oxygen atoms in total. The molecule has 0 heterocycles. The van der Waals surface area contributed by atoms with Crippen molar-refractivity contribution < 1.29 is 13.3 Å². The molecule has 0 unspecified atom stereocenters. The molecular weight excluding hydrogens is 282 g/mol. The molecule has 0 amide bonds. The van der Waals surface area contributed by atoms with E-state index in [1.165, 1.54) is 0 Å². The lowest BCUT2D eigenvalue weighted by atomic mass is 10.4. The van der Waals surface area contributed by atoms with E-state index in [9.17, 15) is 0 Å². The number of rotatable bonds is 13. The van der Waals surface area contributed by atoms with E-state index in [1.807, 2.05) is 20.8 Å². The SMILES string of the molecule is CCO[Si](CCCN(C)CCCCl)(OCC)OCC. The first-order valence-electron chi connectivity index (χ1n) is 7.30. The summed E-state index contributed by atoms with van der Waals surface area (Å²) in [6, 6.07) is 0.883. The lowest BCUT2D eigenvalue weighted by molar-refractivity contribution is 0.0701. The molecule has 0 saturated carbocycles. The van der Waals surface area contributed by atoms with E-state index in [1.54, 1.807) is 0 Å². The van der Waals surface area contributed by atoms with Gasteiger partial charge in [-0.3, -0.25) is 0 Å². The van der Waals surface area contributed by atoms with Gasteiger partial charge in [0.05, 0.1) is 0 Å². The largest absolute Gasteiger partial charge is 0.500 e. The van der Waals surface area contributed by atoms with Crippen LogP contribution in [0.25, 0.3) is 0 Å². The van der Waals surface area contributed by atoms with Gasteiger partial charge in [0.1, 0.15) is 0 Å². The minimum absolute atomic E-state index is 0.647. The third kappa shape index (κ3) is 8.99. The van der Waals surface area contributed by atoms with E-state index < -0.39 is 8.80 Å². The first-order chi connectivity index (χ1) is 9.14. The van der Waals surface area contributed by atoms with Crippen molar-refractivity contribution in [3.8, 4) is 0 Å². The highest BCUT2D eigenvalue weighted by Gasteiger charge is 2.39. The molecule has 0 aromatic rings. The Balaban J connectivity index is 4.15. The Morgan fingerprint density at radius 2 is 1.37 bits per heavy atom. The summed E-state index contributed by atoms with van der Waals surface area (Å²) in [6.07, 6.45) is 2.06. The average Bonchev–Trinajstić information content (AvgIpc) is 2.37. The minimum atomic E-state index is -2.45. The molecule has 0 spiro atoms. The quantitative estimate of drug-likeness (QED) is 0.386. The van der Waals surface area contributed by atoms with Gasteiger partial charge in [0.2, 0.25) is 0 Å². The number of nitrogens with zero attached hydrogens (tertiary/aromatic N) is 1. The van der Waals surface area contributed by atoms with Gasteiger partial charge >= 0.3 is 8.80 Å². The molecule has 0 aliphatic carbocycles. The highest BCUT2D eigenvalue weighted by atomic mass is 35.5. The number of halogens is 1. The lowest BCUT2D eigenvalue weighted by Crippen LogP contribution is -2.46. The second kappa shape index (κ2) is 12.1. The van der Waals surface area contributed by atoms with Crippen molar-refractivity contribution in [1.29, 1.82) is 0 Å². The second-order valence-corrected chi connectivity index (χ2v) is 7.54. The topological polar surface area (TPSA) is 30.9 Å². The van der Waals surface area contributed by atoms with Crippen molar-refractivity contribution >= 4 is 20.4 Å². The summed E-state index contributed by atoms with van der Waals surface area (Å²) in [6.45, 7) is 9.98. The Labute approximate surface area is 124 Å². The normalized spacial score (nSPS) is 12.3. The lowest BCUT2D eigenvalue weighted by Gasteiger charge is -2.29. The number of hydrogen-bond donors (Lipinski definition) is 0. The van der Waals surface area contributed by atoms with Crippen LogP contribution in [0.4, 0.5) is 0 Å². The maximum absolute atomic E-state index is 5.83. The van der Waals surface area contributed by atoms with E-state index >= 15 is 0 Å². The smallest absolute Gasteiger partial charge is 0.374 e. The molecule has 0 rings (SSSR count). The molecule has 0 aromatic carbocycles. The zero-order valence-electron chi connectivity index (χ0n) is 12.9. The van der Waals surface area contributed by atoms with Crippen molar-refractivity contribution in [2.45, 2.75) is 39.7 Å². The Morgan fingerprint density at radius 1 is 0.895 bits per heavy atom. The Morgan fingerprint density at radius 3 is 1.79 bits per heavy atom. The molecule has 116 valence electrons.